The molecule has 0 aromatic heterocycles. The van der Waals surface area contributed by atoms with Crippen molar-refractivity contribution >= 4 is 12.1 Å². The number of carbonyl (C=O) groups is 1. The second-order valence-corrected chi connectivity index (χ2v) is 5.88. The van der Waals surface area contributed by atoms with Crippen molar-refractivity contribution in [2.45, 2.75) is 33.6 Å². The average molecular weight is 384 g/mol. The molecule has 0 unspecified atom stereocenters. The zero-order valence-corrected chi connectivity index (χ0v) is 16.7. The van der Waals surface area contributed by atoms with Crippen LogP contribution in [0.1, 0.15) is 43.1 Å². The Morgan fingerprint density at radius 2 is 1.57 bits per heavy atom. The van der Waals surface area contributed by atoms with Gasteiger partial charge >= 0.3 is 0 Å². The van der Waals surface area contributed by atoms with Crippen molar-refractivity contribution in [1.82, 2.24) is 5.43 Å². The van der Waals surface area contributed by atoms with Crippen molar-refractivity contribution in [3.05, 3.63) is 53.6 Å². The summed E-state index contributed by atoms with van der Waals surface area (Å²) in [6.07, 6.45) is 3.31. The molecule has 1 N–H and O–H groups in total. The molecule has 0 fully saturated rings. The number of nitrogens with one attached hydrogen (secondary N) is 1. The molecule has 0 saturated carbocycles. The van der Waals surface area contributed by atoms with Crippen molar-refractivity contribution in [3.8, 4) is 17.2 Å². The van der Waals surface area contributed by atoms with E-state index in [-0.39, 0.29) is 5.91 Å². The fourth-order valence-corrected chi connectivity index (χ4v) is 2.63. The number of aryl methyl sites for hydroxylation is 1. The normalized spacial score (nSPS) is 10.7. The van der Waals surface area contributed by atoms with E-state index in [9.17, 15) is 4.79 Å². The maximum Gasteiger partial charge on any atom is 0.271 e. The predicted molar refractivity (Wildman–Crippen MR) is 111 cm³/mol. The first-order valence-corrected chi connectivity index (χ1v) is 9.61. The largest absolute Gasteiger partial charge is 0.490 e. The van der Waals surface area contributed by atoms with Gasteiger partial charge in [-0.15, -0.1) is 0 Å². The minimum Gasteiger partial charge on any atom is -0.490 e. The summed E-state index contributed by atoms with van der Waals surface area (Å²) >= 11 is 0. The van der Waals surface area contributed by atoms with Gasteiger partial charge in [0.05, 0.1) is 19.8 Å². The minimum atomic E-state index is -0.332. The third-order valence-corrected chi connectivity index (χ3v) is 3.83. The van der Waals surface area contributed by atoms with E-state index in [1.807, 2.05) is 39.0 Å². The summed E-state index contributed by atoms with van der Waals surface area (Å²) < 4.78 is 16.9. The summed E-state index contributed by atoms with van der Waals surface area (Å²) in [6.45, 7) is 7.01. The third kappa shape index (κ3) is 6.30. The molecule has 2 aromatic carbocycles. The molecule has 0 saturated heterocycles. The van der Waals surface area contributed by atoms with Crippen molar-refractivity contribution in [2.75, 3.05) is 19.8 Å². The molecular weight excluding hydrogens is 356 g/mol. The van der Waals surface area contributed by atoms with Crippen LogP contribution in [-0.4, -0.2) is 31.9 Å². The molecule has 0 spiro atoms. The number of carbonyl (C=O) groups excluding carboxylic acids is 1. The topological polar surface area (TPSA) is 69.2 Å². The zero-order chi connectivity index (χ0) is 20.2. The summed E-state index contributed by atoms with van der Waals surface area (Å²) in [5.74, 6) is 1.14. The molecule has 28 heavy (non-hydrogen) atoms. The van der Waals surface area contributed by atoms with Crippen LogP contribution >= 0.6 is 0 Å². The van der Waals surface area contributed by atoms with E-state index in [2.05, 4.69) is 22.7 Å². The fraction of sp³-hybridized carbons (Fsp3) is 0.364. The molecule has 1 amide bonds. The van der Waals surface area contributed by atoms with Crippen LogP contribution in [0.3, 0.4) is 0 Å². The first-order valence-electron chi connectivity index (χ1n) is 9.61. The molecule has 2 rings (SSSR count). The molecule has 6 heteroatoms. The molecule has 0 aliphatic rings. The van der Waals surface area contributed by atoms with Gasteiger partial charge in [-0.3, -0.25) is 4.79 Å². The lowest BCUT2D eigenvalue weighted by molar-refractivity contribution is 0.0954. The number of benzene rings is 2. The van der Waals surface area contributed by atoms with E-state index in [1.54, 1.807) is 18.3 Å². The van der Waals surface area contributed by atoms with Gasteiger partial charge < -0.3 is 14.2 Å². The van der Waals surface area contributed by atoms with Crippen LogP contribution in [0, 0.1) is 0 Å². The standard InChI is InChI=1S/C22H28N2O4/c1-4-26-19-15-18(16-20(27-5-2)21(19)28-6-3)22(25)24-23-14-10-13-17-11-8-7-9-12-17/h7-9,11-12,14-16H,4-6,10,13H2,1-3H3,(H,24,25)/b23-14+. The SMILES string of the molecule is CCOc1cc(C(=O)N/N=C/CCc2ccccc2)cc(OCC)c1OCC. The number of nitrogens with zero attached hydrogens (tertiary/aromatic N) is 1. The van der Waals surface area contributed by atoms with E-state index in [0.29, 0.717) is 42.6 Å². The first-order chi connectivity index (χ1) is 13.7. The van der Waals surface area contributed by atoms with E-state index in [0.717, 1.165) is 12.8 Å². The molecule has 0 atom stereocenters. The minimum absolute atomic E-state index is 0.332. The highest BCUT2D eigenvalue weighted by Crippen LogP contribution is 2.39. The van der Waals surface area contributed by atoms with Crippen LogP contribution in [0.5, 0.6) is 17.2 Å². The molecule has 6 nitrogen and oxygen atoms in total. The fourth-order valence-electron chi connectivity index (χ4n) is 2.63. The van der Waals surface area contributed by atoms with Gasteiger partial charge in [0.15, 0.2) is 11.5 Å². The Balaban J connectivity index is 2.05. The van der Waals surface area contributed by atoms with E-state index >= 15 is 0 Å². The number of hydrogen-bond acceptors (Lipinski definition) is 5. The first kappa shape index (κ1) is 21.3. The number of hydrogen-bond donors (Lipinski definition) is 1. The van der Waals surface area contributed by atoms with Crippen molar-refractivity contribution in [1.29, 1.82) is 0 Å². The van der Waals surface area contributed by atoms with Gasteiger partial charge in [-0.2, -0.15) is 5.10 Å². The van der Waals surface area contributed by atoms with Gasteiger partial charge in [-0.1, -0.05) is 30.3 Å². The van der Waals surface area contributed by atoms with Gasteiger partial charge in [0.25, 0.3) is 5.91 Å². The molecule has 0 bridgehead atoms. The maximum atomic E-state index is 12.5. The molecule has 0 heterocycles. The summed E-state index contributed by atoms with van der Waals surface area (Å²) in [5.41, 5.74) is 4.18. The zero-order valence-electron chi connectivity index (χ0n) is 16.7. The lowest BCUT2D eigenvalue weighted by Crippen LogP contribution is -2.18. The lowest BCUT2D eigenvalue weighted by atomic mass is 10.1. The Morgan fingerprint density at radius 1 is 0.964 bits per heavy atom. The Hall–Kier alpha value is -3.02. The highest BCUT2D eigenvalue weighted by Gasteiger charge is 2.18. The smallest absolute Gasteiger partial charge is 0.271 e. The lowest BCUT2D eigenvalue weighted by Gasteiger charge is -2.16. The molecule has 0 aliphatic carbocycles. The van der Waals surface area contributed by atoms with Gasteiger partial charge in [0, 0.05) is 11.8 Å². The van der Waals surface area contributed by atoms with E-state index in [1.165, 1.54) is 5.56 Å². The van der Waals surface area contributed by atoms with Gasteiger partial charge in [0.2, 0.25) is 5.75 Å². The second kappa shape index (κ2) is 11.6. The Bertz CT molecular complexity index is 748. The van der Waals surface area contributed by atoms with Crippen molar-refractivity contribution in [2.24, 2.45) is 5.10 Å². The van der Waals surface area contributed by atoms with Gasteiger partial charge in [-0.05, 0) is 51.3 Å². The Morgan fingerprint density at radius 3 is 2.14 bits per heavy atom. The summed E-state index contributed by atoms with van der Waals surface area (Å²) in [7, 11) is 0. The second-order valence-electron chi connectivity index (χ2n) is 5.88. The molecule has 150 valence electrons. The Kier molecular flexibility index (Phi) is 8.85. The van der Waals surface area contributed by atoms with Crippen LogP contribution in [0.4, 0.5) is 0 Å². The highest BCUT2D eigenvalue weighted by atomic mass is 16.5. The molecular formula is C22H28N2O4. The van der Waals surface area contributed by atoms with Crippen LogP contribution in [-0.2, 0) is 6.42 Å². The molecule has 2 aromatic rings. The molecule has 0 radical (unpaired) electrons. The van der Waals surface area contributed by atoms with Crippen molar-refractivity contribution < 1.29 is 19.0 Å². The summed E-state index contributed by atoms with van der Waals surface area (Å²) in [6, 6.07) is 13.4. The van der Waals surface area contributed by atoms with E-state index in [4.69, 9.17) is 14.2 Å². The molecule has 0 aliphatic heterocycles. The number of amides is 1. The van der Waals surface area contributed by atoms with Crippen LogP contribution < -0.4 is 19.6 Å². The van der Waals surface area contributed by atoms with Gasteiger partial charge in [0.1, 0.15) is 0 Å². The van der Waals surface area contributed by atoms with E-state index < -0.39 is 0 Å². The van der Waals surface area contributed by atoms with Crippen LogP contribution in [0.15, 0.2) is 47.6 Å². The average Bonchev–Trinajstić information content (AvgIpc) is 2.71. The monoisotopic (exact) mass is 384 g/mol. The predicted octanol–water partition coefficient (Wildman–Crippen LogP) is 4.23. The van der Waals surface area contributed by atoms with Gasteiger partial charge in [-0.25, -0.2) is 5.43 Å². The van der Waals surface area contributed by atoms with Crippen LogP contribution in [0.25, 0.3) is 0 Å². The van der Waals surface area contributed by atoms with Crippen LogP contribution in [0.2, 0.25) is 0 Å². The number of hydrazone groups is 1. The highest BCUT2D eigenvalue weighted by molar-refractivity contribution is 5.95. The summed E-state index contributed by atoms with van der Waals surface area (Å²) in [4.78, 5) is 12.5. The third-order valence-electron chi connectivity index (χ3n) is 3.83. The Labute approximate surface area is 166 Å². The van der Waals surface area contributed by atoms with Crippen molar-refractivity contribution in [3.63, 3.8) is 0 Å². The quantitative estimate of drug-likeness (QED) is 0.465. The number of rotatable bonds is 11. The number of ether oxygens (including phenoxy) is 3. The summed E-state index contributed by atoms with van der Waals surface area (Å²) in [5, 5.41) is 4.04. The maximum absolute atomic E-state index is 12.5.